The van der Waals surface area contributed by atoms with Crippen LogP contribution in [0.4, 0.5) is 5.69 Å². The Morgan fingerprint density at radius 1 is 1.33 bits per heavy atom. The molecule has 0 aliphatic carbocycles. The van der Waals surface area contributed by atoms with Gasteiger partial charge in [-0.3, -0.25) is 4.79 Å². The molecule has 1 aromatic heterocycles. The van der Waals surface area contributed by atoms with Crippen molar-refractivity contribution in [3.05, 3.63) is 22.6 Å². The number of hydrogen-bond acceptors (Lipinski definition) is 5. The number of hydrogen-bond donors (Lipinski definition) is 1. The number of ether oxygens (including phenoxy) is 1. The Labute approximate surface area is 126 Å². The molecule has 0 unspecified atom stereocenters. The quantitative estimate of drug-likeness (QED) is 0.756. The molecule has 0 aromatic carbocycles. The molecule has 0 amide bonds. The van der Waals surface area contributed by atoms with Gasteiger partial charge in [-0.1, -0.05) is 13.8 Å². The van der Waals surface area contributed by atoms with Crippen molar-refractivity contribution < 1.29 is 4.74 Å². The van der Waals surface area contributed by atoms with Gasteiger partial charge in [0.05, 0.1) is 25.1 Å². The van der Waals surface area contributed by atoms with Crippen LogP contribution in [0.3, 0.4) is 0 Å². The first-order chi connectivity index (χ1) is 10.2. The third kappa shape index (κ3) is 5.13. The van der Waals surface area contributed by atoms with Crippen LogP contribution in [-0.2, 0) is 11.3 Å². The van der Waals surface area contributed by atoms with E-state index in [1.165, 1.54) is 0 Å². The highest BCUT2D eigenvalue weighted by Gasteiger charge is 2.12. The molecule has 6 nitrogen and oxygen atoms in total. The number of anilines is 1. The Hall–Kier alpha value is -1.40. The van der Waals surface area contributed by atoms with Crippen molar-refractivity contribution in [2.45, 2.75) is 39.3 Å². The third-order valence-corrected chi connectivity index (χ3v) is 3.58. The standard InChI is InChI=1S/C15H26N4O2/c1-13(2)16-5-3-4-6-19-15(20)11-14(12-17-19)18-7-9-21-10-8-18/h11-13,16H,3-10H2,1-2H3. The van der Waals surface area contributed by atoms with Crippen molar-refractivity contribution in [2.24, 2.45) is 0 Å². The molecule has 6 heteroatoms. The molecular weight excluding hydrogens is 268 g/mol. The van der Waals surface area contributed by atoms with Crippen molar-refractivity contribution in [1.29, 1.82) is 0 Å². The summed E-state index contributed by atoms with van der Waals surface area (Å²) in [7, 11) is 0. The van der Waals surface area contributed by atoms with Crippen LogP contribution in [0.5, 0.6) is 0 Å². The number of rotatable bonds is 7. The van der Waals surface area contributed by atoms with E-state index in [1.54, 1.807) is 16.9 Å². The number of aryl methyl sites for hydroxylation is 1. The predicted octanol–water partition coefficient (Wildman–Crippen LogP) is 0.858. The summed E-state index contributed by atoms with van der Waals surface area (Å²) < 4.78 is 6.87. The van der Waals surface area contributed by atoms with Gasteiger partial charge in [0.15, 0.2) is 0 Å². The lowest BCUT2D eigenvalue weighted by Crippen LogP contribution is -2.37. The molecule has 1 aromatic rings. The fraction of sp³-hybridized carbons (Fsp3) is 0.733. The molecule has 0 saturated carbocycles. The highest BCUT2D eigenvalue weighted by Crippen LogP contribution is 2.11. The second kappa shape index (κ2) is 8.14. The Bertz CT molecular complexity index is 481. The zero-order chi connectivity index (χ0) is 15.1. The summed E-state index contributed by atoms with van der Waals surface area (Å²) in [5, 5.41) is 7.66. The van der Waals surface area contributed by atoms with Crippen LogP contribution in [0, 0.1) is 0 Å². The first-order valence-electron chi connectivity index (χ1n) is 7.80. The fourth-order valence-corrected chi connectivity index (χ4v) is 2.36. The van der Waals surface area contributed by atoms with Gasteiger partial charge in [-0.15, -0.1) is 0 Å². The minimum absolute atomic E-state index is 0.0178. The molecule has 0 atom stereocenters. The number of nitrogens with zero attached hydrogens (tertiary/aromatic N) is 3. The lowest BCUT2D eigenvalue weighted by Gasteiger charge is -2.28. The van der Waals surface area contributed by atoms with E-state index in [0.29, 0.717) is 25.8 Å². The monoisotopic (exact) mass is 294 g/mol. The normalized spacial score (nSPS) is 15.7. The first-order valence-corrected chi connectivity index (χ1v) is 7.80. The number of aromatic nitrogens is 2. The molecule has 2 rings (SSSR count). The summed E-state index contributed by atoms with van der Waals surface area (Å²) in [4.78, 5) is 14.2. The molecule has 118 valence electrons. The van der Waals surface area contributed by atoms with Gasteiger partial charge < -0.3 is 15.0 Å². The van der Waals surface area contributed by atoms with Crippen LogP contribution in [0.2, 0.25) is 0 Å². The van der Waals surface area contributed by atoms with Crippen LogP contribution >= 0.6 is 0 Å². The molecule has 21 heavy (non-hydrogen) atoms. The van der Waals surface area contributed by atoms with Gasteiger partial charge in [0, 0.05) is 31.7 Å². The van der Waals surface area contributed by atoms with E-state index >= 15 is 0 Å². The van der Waals surface area contributed by atoms with Crippen LogP contribution in [-0.4, -0.2) is 48.7 Å². The van der Waals surface area contributed by atoms with Gasteiger partial charge in [-0.2, -0.15) is 5.10 Å². The lowest BCUT2D eigenvalue weighted by molar-refractivity contribution is 0.122. The third-order valence-electron chi connectivity index (χ3n) is 3.58. The van der Waals surface area contributed by atoms with E-state index in [0.717, 1.165) is 38.2 Å². The van der Waals surface area contributed by atoms with Crippen LogP contribution in [0.15, 0.2) is 17.1 Å². The van der Waals surface area contributed by atoms with Gasteiger partial charge in [0.25, 0.3) is 5.56 Å². The van der Waals surface area contributed by atoms with Gasteiger partial charge in [-0.05, 0) is 19.4 Å². The molecule has 0 radical (unpaired) electrons. The molecule has 1 aliphatic rings. The maximum absolute atomic E-state index is 12.1. The first kappa shape index (κ1) is 16.0. The molecule has 1 saturated heterocycles. The van der Waals surface area contributed by atoms with Crippen LogP contribution < -0.4 is 15.8 Å². The zero-order valence-corrected chi connectivity index (χ0v) is 13.0. The van der Waals surface area contributed by atoms with E-state index in [1.807, 2.05) is 0 Å². The minimum Gasteiger partial charge on any atom is -0.378 e. The molecular formula is C15H26N4O2. The lowest BCUT2D eigenvalue weighted by atomic mass is 10.3. The summed E-state index contributed by atoms with van der Waals surface area (Å²) in [6.45, 7) is 9.02. The number of unbranched alkanes of at least 4 members (excludes halogenated alkanes) is 1. The molecule has 1 aliphatic heterocycles. The Morgan fingerprint density at radius 3 is 2.76 bits per heavy atom. The Kier molecular flexibility index (Phi) is 6.20. The molecule has 1 fully saturated rings. The van der Waals surface area contributed by atoms with E-state index < -0.39 is 0 Å². The number of nitrogens with one attached hydrogen (secondary N) is 1. The van der Waals surface area contributed by atoms with Crippen molar-refractivity contribution >= 4 is 5.69 Å². The van der Waals surface area contributed by atoms with Crippen molar-refractivity contribution in [3.63, 3.8) is 0 Å². The minimum atomic E-state index is -0.0178. The maximum atomic E-state index is 12.1. The Morgan fingerprint density at radius 2 is 2.10 bits per heavy atom. The van der Waals surface area contributed by atoms with Crippen LogP contribution in [0.25, 0.3) is 0 Å². The van der Waals surface area contributed by atoms with Gasteiger partial charge in [0.2, 0.25) is 0 Å². The molecule has 0 spiro atoms. The van der Waals surface area contributed by atoms with Gasteiger partial charge in [0.1, 0.15) is 0 Å². The highest BCUT2D eigenvalue weighted by molar-refractivity contribution is 5.43. The van der Waals surface area contributed by atoms with Gasteiger partial charge in [-0.25, -0.2) is 4.68 Å². The average molecular weight is 294 g/mol. The van der Waals surface area contributed by atoms with Crippen LogP contribution in [0.1, 0.15) is 26.7 Å². The maximum Gasteiger partial charge on any atom is 0.268 e. The highest BCUT2D eigenvalue weighted by atomic mass is 16.5. The average Bonchev–Trinajstić information content (AvgIpc) is 2.49. The van der Waals surface area contributed by atoms with Crippen molar-refractivity contribution in [2.75, 3.05) is 37.7 Å². The van der Waals surface area contributed by atoms with Crippen molar-refractivity contribution in [1.82, 2.24) is 15.1 Å². The van der Waals surface area contributed by atoms with E-state index in [9.17, 15) is 4.79 Å². The smallest absolute Gasteiger partial charge is 0.268 e. The van der Waals surface area contributed by atoms with Gasteiger partial charge >= 0.3 is 0 Å². The second-order valence-corrected chi connectivity index (χ2v) is 5.69. The molecule has 0 bridgehead atoms. The molecule has 1 N–H and O–H groups in total. The van der Waals surface area contributed by atoms with E-state index in [4.69, 9.17) is 4.74 Å². The Balaban J connectivity index is 1.83. The zero-order valence-electron chi connectivity index (χ0n) is 13.0. The summed E-state index contributed by atoms with van der Waals surface area (Å²) in [6.07, 6.45) is 3.81. The summed E-state index contributed by atoms with van der Waals surface area (Å²) in [6, 6.07) is 2.20. The fourth-order valence-electron chi connectivity index (χ4n) is 2.36. The summed E-state index contributed by atoms with van der Waals surface area (Å²) >= 11 is 0. The van der Waals surface area contributed by atoms with Crippen molar-refractivity contribution in [3.8, 4) is 0 Å². The molecule has 2 heterocycles. The second-order valence-electron chi connectivity index (χ2n) is 5.69. The van der Waals surface area contributed by atoms with E-state index in [-0.39, 0.29) is 5.56 Å². The summed E-state index contributed by atoms with van der Waals surface area (Å²) in [5.41, 5.74) is 0.886. The topological polar surface area (TPSA) is 59.4 Å². The summed E-state index contributed by atoms with van der Waals surface area (Å²) in [5.74, 6) is 0. The predicted molar refractivity (Wildman–Crippen MR) is 83.9 cm³/mol. The number of morpholine rings is 1. The SMILES string of the molecule is CC(C)NCCCCn1ncc(N2CCOCC2)cc1=O. The largest absolute Gasteiger partial charge is 0.378 e. The van der Waals surface area contributed by atoms with E-state index in [2.05, 4.69) is 29.2 Å².